The van der Waals surface area contributed by atoms with Crippen LogP contribution >= 0.6 is 11.3 Å². The Morgan fingerprint density at radius 2 is 2.29 bits per heavy atom. The summed E-state index contributed by atoms with van der Waals surface area (Å²) in [7, 11) is 2.30. The van der Waals surface area contributed by atoms with Crippen LogP contribution in [0.4, 0.5) is 0 Å². The molecule has 0 bridgehead atoms. The van der Waals surface area contributed by atoms with Crippen LogP contribution in [0.3, 0.4) is 0 Å². The Balaban J connectivity index is 1.55. The number of aryl methyl sites for hydroxylation is 1. The van der Waals surface area contributed by atoms with Crippen molar-refractivity contribution >= 4 is 11.3 Å². The predicted molar refractivity (Wildman–Crippen MR) is 86.7 cm³/mol. The Kier molecular flexibility index (Phi) is 4.64. The van der Waals surface area contributed by atoms with Crippen LogP contribution in [0.25, 0.3) is 0 Å². The van der Waals surface area contributed by atoms with Crippen molar-refractivity contribution in [3.63, 3.8) is 0 Å². The van der Waals surface area contributed by atoms with Gasteiger partial charge in [-0.3, -0.25) is 9.80 Å². The summed E-state index contributed by atoms with van der Waals surface area (Å²) in [6.45, 7) is 10.7. The molecule has 0 aliphatic carbocycles. The fraction of sp³-hybridized carbons (Fsp3) is 0.812. The van der Waals surface area contributed by atoms with Crippen molar-refractivity contribution in [2.45, 2.75) is 38.8 Å². The van der Waals surface area contributed by atoms with Gasteiger partial charge in [0.25, 0.3) is 0 Å². The summed E-state index contributed by atoms with van der Waals surface area (Å²) in [5, 5.41) is 0. The second-order valence-corrected chi connectivity index (χ2v) is 7.61. The zero-order valence-electron chi connectivity index (χ0n) is 13.5. The highest BCUT2D eigenvalue weighted by Gasteiger charge is 2.49. The van der Waals surface area contributed by atoms with Gasteiger partial charge in [-0.25, -0.2) is 4.98 Å². The van der Waals surface area contributed by atoms with Gasteiger partial charge < -0.3 is 4.74 Å². The summed E-state index contributed by atoms with van der Waals surface area (Å²) in [6, 6.07) is 0. The van der Waals surface area contributed by atoms with Crippen LogP contribution in [0.5, 0.6) is 0 Å². The summed E-state index contributed by atoms with van der Waals surface area (Å²) in [6.07, 6.45) is 2.58. The van der Waals surface area contributed by atoms with Crippen LogP contribution in [-0.4, -0.2) is 60.2 Å². The first-order valence-corrected chi connectivity index (χ1v) is 8.91. The molecule has 5 heteroatoms. The Labute approximate surface area is 132 Å². The lowest BCUT2D eigenvalue weighted by Crippen LogP contribution is -2.71. The Hall–Kier alpha value is -0.490. The van der Waals surface area contributed by atoms with Crippen molar-refractivity contribution < 1.29 is 4.74 Å². The minimum absolute atomic E-state index is 0.401. The Morgan fingerprint density at radius 3 is 2.95 bits per heavy atom. The molecular weight excluding hydrogens is 282 g/mol. The zero-order chi connectivity index (χ0) is 14.9. The van der Waals surface area contributed by atoms with Gasteiger partial charge in [-0.1, -0.05) is 0 Å². The van der Waals surface area contributed by atoms with E-state index in [1.54, 1.807) is 11.3 Å². The molecule has 1 aromatic heterocycles. The van der Waals surface area contributed by atoms with E-state index in [0.717, 1.165) is 25.7 Å². The molecule has 4 nitrogen and oxygen atoms in total. The molecule has 2 saturated heterocycles. The minimum Gasteiger partial charge on any atom is -0.381 e. The van der Waals surface area contributed by atoms with Gasteiger partial charge in [-0.05, 0) is 46.2 Å². The highest BCUT2D eigenvalue weighted by Crippen LogP contribution is 2.39. The number of nitrogens with zero attached hydrogens (tertiary/aromatic N) is 3. The lowest BCUT2D eigenvalue weighted by Gasteiger charge is -2.58. The monoisotopic (exact) mass is 309 g/mol. The molecule has 1 spiro atoms. The quantitative estimate of drug-likeness (QED) is 0.835. The highest BCUT2D eigenvalue weighted by atomic mass is 32.1. The van der Waals surface area contributed by atoms with Crippen LogP contribution in [0.15, 0.2) is 5.51 Å². The van der Waals surface area contributed by atoms with Gasteiger partial charge in [0.05, 0.1) is 11.2 Å². The minimum atomic E-state index is 0.401. The average molecular weight is 309 g/mol. The zero-order valence-corrected chi connectivity index (χ0v) is 14.3. The molecule has 2 aliphatic heterocycles. The molecule has 118 valence electrons. The molecule has 2 aliphatic rings. The number of thiazole rings is 1. The second-order valence-electron chi connectivity index (χ2n) is 6.67. The van der Waals surface area contributed by atoms with Crippen molar-refractivity contribution in [1.82, 2.24) is 14.8 Å². The fourth-order valence-electron chi connectivity index (χ4n) is 3.78. The number of piperidine rings is 1. The maximum atomic E-state index is 5.66. The second kappa shape index (κ2) is 6.32. The van der Waals surface area contributed by atoms with E-state index in [1.807, 2.05) is 5.51 Å². The maximum Gasteiger partial charge on any atom is 0.0798 e. The summed E-state index contributed by atoms with van der Waals surface area (Å²) >= 11 is 1.79. The molecular formula is C16H27N3OS. The lowest BCUT2D eigenvalue weighted by molar-refractivity contribution is -0.0919. The first-order valence-electron chi connectivity index (χ1n) is 8.03. The maximum absolute atomic E-state index is 5.66. The van der Waals surface area contributed by atoms with Crippen LogP contribution in [0.1, 0.15) is 30.3 Å². The van der Waals surface area contributed by atoms with E-state index >= 15 is 0 Å². The summed E-state index contributed by atoms with van der Waals surface area (Å²) in [5.74, 6) is 0.744. The van der Waals surface area contributed by atoms with Gasteiger partial charge >= 0.3 is 0 Å². The smallest absolute Gasteiger partial charge is 0.0798 e. The molecule has 0 saturated carbocycles. The molecule has 0 aromatic carbocycles. The van der Waals surface area contributed by atoms with E-state index in [0.29, 0.717) is 5.54 Å². The SMILES string of the molecule is CCOCC1CCN(C)C2(C1)CN(Cc1scnc1C)C2. The number of rotatable bonds is 5. The van der Waals surface area contributed by atoms with E-state index in [2.05, 4.69) is 35.7 Å². The molecule has 1 unspecified atom stereocenters. The van der Waals surface area contributed by atoms with Crippen molar-refractivity contribution in [2.24, 2.45) is 5.92 Å². The number of ether oxygens (including phenoxy) is 1. The van der Waals surface area contributed by atoms with Crippen LogP contribution in [0.2, 0.25) is 0 Å². The molecule has 0 amide bonds. The fourth-order valence-corrected chi connectivity index (χ4v) is 4.60. The molecule has 3 rings (SSSR count). The molecule has 2 fully saturated rings. The van der Waals surface area contributed by atoms with Crippen LogP contribution in [-0.2, 0) is 11.3 Å². The number of hydrogen-bond acceptors (Lipinski definition) is 5. The first kappa shape index (κ1) is 15.4. The molecule has 1 aromatic rings. The summed E-state index contributed by atoms with van der Waals surface area (Å²) < 4.78 is 5.66. The van der Waals surface area contributed by atoms with Crippen molar-refractivity contribution in [3.05, 3.63) is 16.1 Å². The lowest BCUT2D eigenvalue weighted by atomic mass is 9.75. The van der Waals surface area contributed by atoms with Crippen LogP contribution in [0, 0.1) is 12.8 Å². The first-order chi connectivity index (χ1) is 10.1. The standard InChI is InChI=1S/C16H27N3OS/c1-4-20-9-14-5-6-18(3)16(7-14)10-19(11-16)8-15-13(2)17-12-21-15/h12,14H,4-11H2,1-3H3. The van der Waals surface area contributed by atoms with Crippen molar-refractivity contribution in [2.75, 3.05) is 39.9 Å². The van der Waals surface area contributed by atoms with E-state index in [4.69, 9.17) is 4.74 Å². The summed E-state index contributed by atoms with van der Waals surface area (Å²) in [5.41, 5.74) is 3.57. The van der Waals surface area contributed by atoms with E-state index in [9.17, 15) is 0 Å². The number of likely N-dealkylation sites (N-methyl/N-ethyl adjacent to an activating group) is 1. The number of hydrogen-bond donors (Lipinski definition) is 0. The molecule has 1 atom stereocenters. The third-order valence-corrected chi connectivity index (χ3v) is 6.08. The van der Waals surface area contributed by atoms with Crippen molar-refractivity contribution in [1.29, 1.82) is 0 Å². The topological polar surface area (TPSA) is 28.6 Å². The number of likely N-dealkylation sites (tertiary alicyclic amines) is 2. The van der Waals surface area contributed by atoms with E-state index in [1.165, 1.54) is 43.0 Å². The predicted octanol–water partition coefficient (Wildman–Crippen LogP) is 2.38. The summed E-state index contributed by atoms with van der Waals surface area (Å²) in [4.78, 5) is 10.9. The molecule has 0 N–H and O–H groups in total. The Bertz CT molecular complexity index is 468. The van der Waals surface area contributed by atoms with Gasteiger partial charge in [0.15, 0.2) is 0 Å². The Morgan fingerprint density at radius 1 is 1.48 bits per heavy atom. The average Bonchev–Trinajstić information content (AvgIpc) is 2.83. The third-order valence-electron chi connectivity index (χ3n) is 5.16. The number of aromatic nitrogens is 1. The third kappa shape index (κ3) is 3.16. The van der Waals surface area contributed by atoms with Gasteiger partial charge in [-0.2, -0.15) is 0 Å². The molecule has 3 heterocycles. The van der Waals surface area contributed by atoms with Gasteiger partial charge in [0, 0.05) is 43.3 Å². The highest BCUT2D eigenvalue weighted by molar-refractivity contribution is 7.09. The van der Waals surface area contributed by atoms with Crippen LogP contribution < -0.4 is 0 Å². The largest absolute Gasteiger partial charge is 0.381 e. The normalized spacial score (nSPS) is 26.1. The van der Waals surface area contributed by atoms with Gasteiger partial charge in [0.1, 0.15) is 0 Å². The molecule has 0 radical (unpaired) electrons. The van der Waals surface area contributed by atoms with Gasteiger partial charge in [-0.15, -0.1) is 11.3 Å². The van der Waals surface area contributed by atoms with Crippen molar-refractivity contribution in [3.8, 4) is 0 Å². The van der Waals surface area contributed by atoms with E-state index < -0.39 is 0 Å². The van der Waals surface area contributed by atoms with Gasteiger partial charge in [0.2, 0.25) is 0 Å². The molecule has 21 heavy (non-hydrogen) atoms. The van der Waals surface area contributed by atoms with E-state index in [-0.39, 0.29) is 0 Å².